The van der Waals surface area contributed by atoms with Crippen LogP contribution in [0.25, 0.3) is 10.9 Å². The van der Waals surface area contributed by atoms with Crippen molar-refractivity contribution in [3.8, 4) is 0 Å². The van der Waals surface area contributed by atoms with Crippen molar-refractivity contribution in [3.63, 3.8) is 0 Å². The molecule has 1 nitrogen and oxygen atoms in total. The number of benzene rings is 1. The molecule has 15 heavy (non-hydrogen) atoms. The zero-order valence-corrected chi connectivity index (χ0v) is 14.7. The molecule has 1 aromatic carbocycles. The molecule has 0 unspecified atom stereocenters. The van der Waals surface area contributed by atoms with Gasteiger partial charge in [-0.1, -0.05) is 0 Å². The second-order valence-electron chi connectivity index (χ2n) is 2.88. The molecular weight excluding hydrogens is 474 g/mol. The highest BCUT2D eigenvalue weighted by Crippen LogP contribution is 2.43. The lowest BCUT2D eigenvalue weighted by molar-refractivity contribution is 1.34. The monoisotopic (exact) mass is 475 g/mol. The normalized spacial score (nSPS) is 11.3. The highest BCUT2D eigenvalue weighted by molar-refractivity contribution is 9.14. The molecule has 0 bridgehead atoms. The minimum absolute atomic E-state index is 1.02. The van der Waals surface area contributed by atoms with Gasteiger partial charge < -0.3 is 4.98 Å². The number of aromatic nitrogens is 1. The second-order valence-corrected chi connectivity index (χ2v) is 6.93. The molecular formula is C9H5Br4NS. The Morgan fingerprint density at radius 3 is 2.40 bits per heavy atom. The fourth-order valence-corrected chi connectivity index (χ4v) is 4.70. The first-order valence-electron chi connectivity index (χ1n) is 3.95. The van der Waals surface area contributed by atoms with Gasteiger partial charge in [-0.3, -0.25) is 0 Å². The van der Waals surface area contributed by atoms with E-state index in [1.165, 1.54) is 10.3 Å². The third kappa shape index (κ3) is 2.08. The van der Waals surface area contributed by atoms with Crippen LogP contribution in [0, 0.1) is 0 Å². The summed E-state index contributed by atoms with van der Waals surface area (Å²) >= 11 is 15.9. The predicted octanol–water partition coefficient (Wildman–Crippen LogP) is 5.94. The maximum Gasteiger partial charge on any atom is 0.0969 e. The van der Waals surface area contributed by atoms with Crippen molar-refractivity contribution < 1.29 is 0 Å². The average molecular weight is 479 g/mol. The van der Waals surface area contributed by atoms with Crippen LogP contribution in [0.15, 0.2) is 29.0 Å². The fourth-order valence-electron chi connectivity index (χ4n) is 1.39. The van der Waals surface area contributed by atoms with Crippen molar-refractivity contribution in [1.82, 2.24) is 4.98 Å². The number of rotatable bonds is 1. The fraction of sp³-hybridized carbons (Fsp3) is 0.111. The van der Waals surface area contributed by atoms with Crippen LogP contribution in [0.2, 0.25) is 0 Å². The molecule has 6 heteroatoms. The standard InChI is InChI=1S/C9H5Br4NS/c1-15-8-5-4(14-9(8)13)2-3(10)6(11)7(5)12/h2,14H,1H3. The third-order valence-corrected chi connectivity index (χ3v) is 7.02. The first-order chi connectivity index (χ1) is 7.06. The Labute approximate surface area is 125 Å². The molecule has 80 valence electrons. The van der Waals surface area contributed by atoms with Crippen molar-refractivity contribution >= 4 is 86.4 Å². The van der Waals surface area contributed by atoms with E-state index in [1.54, 1.807) is 11.8 Å². The van der Waals surface area contributed by atoms with Gasteiger partial charge in [0.2, 0.25) is 0 Å². The number of hydrogen-bond acceptors (Lipinski definition) is 1. The highest BCUT2D eigenvalue weighted by Gasteiger charge is 2.15. The SMILES string of the molecule is CSc1c(Br)[nH]c2cc(Br)c(Br)c(Br)c12. The summed E-state index contributed by atoms with van der Waals surface area (Å²) in [6.07, 6.45) is 2.07. The lowest BCUT2D eigenvalue weighted by Crippen LogP contribution is -1.77. The van der Waals surface area contributed by atoms with Gasteiger partial charge in [0.1, 0.15) is 0 Å². The number of thioether (sulfide) groups is 1. The lowest BCUT2D eigenvalue weighted by Gasteiger charge is -2.03. The smallest absolute Gasteiger partial charge is 0.0969 e. The molecule has 0 atom stereocenters. The van der Waals surface area contributed by atoms with Crippen LogP contribution in [0.1, 0.15) is 0 Å². The van der Waals surface area contributed by atoms with Gasteiger partial charge in [-0.2, -0.15) is 0 Å². The average Bonchev–Trinajstić information content (AvgIpc) is 2.50. The van der Waals surface area contributed by atoms with E-state index in [0.29, 0.717) is 0 Å². The minimum atomic E-state index is 1.02. The third-order valence-electron chi connectivity index (χ3n) is 2.04. The summed E-state index contributed by atoms with van der Waals surface area (Å²) in [5, 5.41) is 1.20. The van der Waals surface area contributed by atoms with Crippen molar-refractivity contribution in [2.24, 2.45) is 0 Å². The number of H-pyrrole nitrogens is 1. The Morgan fingerprint density at radius 1 is 1.13 bits per heavy atom. The molecule has 0 spiro atoms. The van der Waals surface area contributed by atoms with E-state index < -0.39 is 0 Å². The molecule has 0 aliphatic heterocycles. The van der Waals surface area contributed by atoms with Crippen molar-refractivity contribution in [2.45, 2.75) is 4.90 Å². The maximum absolute atomic E-state index is 3.61. The van der Waals surface area contributed by atoms with Crippen molar-refractivity contribution in [3.05, 3.63) is 24.1 Å². The maximum atomic E-state index is 3.61. The summed E-state index contributed by atoms with van der Waals surface area (Å²) in [7, 11) is 0. The number of aromatic amines is 1. The van der Waals surface area contributed by atoms with Crippen molar-refractivity contribution in [1.29, 1.82) is 0 Å². The topological polar surface area (TPSA) is 15.8 Å². The Bertz CT molecular complexity index is 535. The summed E-state index contributed by atoms with van der Waals surface area (Å²) in [4.78, 5) is 4.51. The molecule has 0 fully saturated rings. The van der Waals surface area contributed by atoms with Crippen LogP contribution in [0.5, 0.6) is 0 Å². The number of hydrogen-bond donors (Lipinski definition) is 1. The number of nitrogens with one attached hydrogen (secondary N) is 1. The molecule has 2 rings (SSSR count). The van der Waals surface area contributed by atoms with Gasteiger partial charge in [0.05, 0.1) is 4.60 Å². The molecule has 0 saturated carbocycles. The molecule has 0 aliphatic rings. The first-order valence-corrected chi connectivity index (χ1v) is 8.34. The van der Waals surface area contributed by atoms with E-state index in [0.717, 1.165) is 23.5 Å². The van der Waals surface area contributed by atoms with Crippen LogP contribution in [0.3, 0.4) is 0 Å². The summed E-state index contributed by atoms with van der Waals surface area (Å²) < 4.78 is 4.16. The van der Waals surface area contributed by atoms with E-state index in [9.17, 15) is 0 Å². The van der Waals surface area contributed by atoms with Crippen LogP contribution < -0.4 is 0 Å². The van der Waals surface area contributed by atoms with E-state index >= 15 is 0 Å². The summed E-state index contributed by atoms with van der Waals surface area (Å²) in [5.41, 5.74) is 1.10. The summed E-state index contributed by atoms with van der Waals surface area (Å²) in [5.74, 6) is 0. The zero-order valence-electron chi connectivity index (χ0n) is 7.50. The van der Waals surface area contributed by atoms with E-state index in [4.69, 9.17) is 0 Å². The molecule has 1 aromatic heterocycles. The van der Waals surface area contributed by atoms with Crippen LogP contribution >= 0.6 is 75.5 Å². The Balaban J connectivity index is 2.93. The van der Waals surface area contributed by atoms with Crippen molar-refractivity contribution in [2.75, 3.05) is 6.26 Å². The van der Waals surface area contributed by atoms with Crippen LogP contribution in [0.4, 0.5) is 0 Å². The predicted molar refractivity (Wildman–Crippen MR) is 80.9 cm³/mol. The van der Waals surface area contributed by atoms with Gasteiger partial charge in [0.15, 0.2) is 0 Å². The van der Waals surface area contributed by atoms with Gasteiger partial charge in [-0.05, 0) is 76.0 Å². The molecule has 0 saturated heterocycles. The van der Waals surface area contributed by atoms with Gasteiger partial charge in [-0.15, -0.1) is 11.8 Å². The van der Waals surface area contributed by atoms with E-state index in [2.05, 4.69) is 81.0 Å². The molecule has 1 N–H and O–H groups in total. The lowest BCUT2D eigenvalue weighted by atomic mass is 10.2. The summed E-state index contributed by atoms with van der Waals surface area (Å²) in [6.45, 7) is 0. The Hall–Kier alpha value is 1.03. The van der Waals surface area contributed by atoms with E-state index in [-0.39, 0.29) is 0 Å². The minimum Gasteiger partial charge on any atom is -0.348 e. The molecule has 0 amide bonds. The van der Waals surface area contributed by atoms with Gasteiger partial charge in [0.25, 0.3) is 0 Å². The number of fused-ring (bicyclic) bond motifs is 1. The quantitative estimate of drug-likeness (QED) is 0.396. The highest BCUT2D eigenvalue weighted by atomic mass is 79.9. The van der Waals surface area contributed by atoms with E-state index in [1.807, 2.05) is 0 Å². The molecule has 2 aromatic rings. The van der Waals surface area contributed by atoms with Gasteiger partial charge in [-0.25, -0.2) is 0 Å². The molecule has 0 aliphatic carbocycles. The van der Waals surface area contributed by atoms with Gasteiger partial charge >= 0.3 is 0 Å². The Morgan fingerprint density at radius 2 is 1.80 bits per heavy atom. The van der Waals surface area contributed by atoms with Crippen LogP contribution in [-0.2, 0) is 0 Å². The largest absolute Gasteiger partial charge is 0.348 e. The zero-order chi connectivity index (χ0) is 11.2. The first kappa shape index (κ1) is 12.5. The number of halogens is 4. The van der Waals surface area contributed by atoms with Crippen LogP contribution in [-0.4, -0.2) is 11.2 Å². The second kappa shape index (κ2) is 4.72. The Kier molecular flexibility index (Phi) is 3.93. The molecule has 0 radical (unpaired) electrons. The van der Waals surface area contributed by atoms with Gasteiger partial charge in [0, 0.05) is 29.2 Å². The molecule has 1 heterocycles. The summed E-state index contributed by atoms with van der Waals surface area (Å²) in [6, 6.07) is 2.06.